The zero-order valence-electron chi connectivity index (χ0n) is 10.4. The number of nitrogens with one attached hydrogen (secondary N) is 1. The fourth-order valence-electron chi connectivity index (χ4n) is 1.43. The van der Waals surface area contributed by atoms with E-state index in [4.69, 9.17) is 0 Å². The van der Waals surface area contributed by atoms with E-state index in [0.717, 1.165) is 10.4 Å². The second-order valence-electron chi connectivity index (χ2n) is 4.25. The van der Waals surface area contributed by atoms with Crippen molar-refractivity contribution < 1.29 is 15.0 Å². The van der Waals surface area contributed by atoms with Crippen LogP contribution >= 0.6 is 11.3 Å². The first kappa shape index (κ1) is 14.2. The Kier molecular flexibility index (Phi) is 4.68. The Morgan fingerprint density at radius 1 is 1.41 bits per heavy atom. The van der Waals surface area contributed by atoms with Gasteiger partial charge in [0.15, 0.2) is 0 Å². The number of carbonyl (C=O) groups excluding carboxylic acids is 1. The summed E-state index contributed by atoms with van der Waals surface area (Å²) in [7, 11) is 0. The summed E-state index contributed by atoms with van der Waals surface area (Å²) in [6.45, 7) is 5.19. The molecule has 96 valence electrons. The third kappa shape index (κ3) is 3.06. The lowest BCUT2D eigenvalue weighted by molar-refractivity contribution is 0.0656. The van der Waals surface area contributed by atoms with Crippen molar-refractivity contribution in [2.24, 2.45) is 0 Å². The smallest absolute Gasteiger partial charge is 0.261 e. The van der Waals surface area contributed by atoms with E-state index >= 15 is 0 Å². The molecule has 1 amide bonds. The summed E-state index contributed by atoms with van der Waals surface area (Å²) in [5.41, 5.74) is 0.151. The molecular formula is C12H19NO3S. The third-order valence-corrected chi connectivity index (χ3v) is 4.20. The van der Waals surface area contributed by atoms with Crippen molar-refractivity contribution in [3.63, 3.8) is 0 Å². The zero-order valence-corrected chi connectivity index (χ0v) is 11.2. The lowest BCUT2D eigenvalue weighted by Crippen LogP contribution is -2.53. The third-order valence-electron chi connectivity index (χ3n) is 3.05. The number of aryl methyl sites for hydroxylation is 2. The molecule has 1 aromatic rings. The Balaban J connectivity index is 2.84. The van der Waals surface area contributed by atoms with Gasteiger partial charge < -0.3 is 15.5 Å². The maximum absolute atomic E-state index is 12.0. The Bertz CT molecular complexity index is 369. The highest BCUT2D eigenvalue weighted by Crippen LogP contribution is 2.21. The van der Waals surface area contributed by atoms with Crippen molar-refractivity contribution >= 4 is 17.2 Å². The molecular weight excluding hydrogens is 238 g/mol. The highest BCUT2D eigenvalue weighted by Gasteiger charge is 2.29. The maximum atomic E-state index is 12.0. The summed E-state index contributed by atoms with van der Waals surface area (Å²) in [5, 5.41) is 21.2. The number of aliphatic hydroxyl groups is 2. The molecule has 0 radical (unpaired) electrons. The molecule has 0 unspecified atom stereocenters. The second-order valence-corrected chi connectivity index (χ2v) is 5.51. The molecule has 0 spiro atoms. The monoisotopic (exact) mass is 257 g/mol. The van der Waals surface area contributed by atoms with E-state index in [1.165, 1.54) is 11.3 Å². The first-order valence-corrected chi connectivity index (χ1v) is 6.41. The van der Waals surface area contributed by atoms with Crippen LogP contribution in [-0.2, 0) is 0 Å². The molecule has 0 saturated heterocycles. The van der Waals surface area contributed by atoms with Crippen LogP contribution in [0.15, 0.2) is 6.07 Å². The van der Waals surface area contributed by atoms with Gasteiger partial charge in [-0.2, -0.15) is 0 Å². The molecule has 3 N–H and O–H groups in total. The maximum Gasteiger partial charge on any atom is 0.261 e. The lowest BCUT2D eigenvalue weighted by atomic mass is 9.98. The van der Waals surface area contributed by atoms with Gasteiger partial charge in [-0.25, -0.2) is 0 Å². The SMILES string of the molecule is CCC(CO)(CO)NC(=O)c1cc(C)c(C)s1. The van der Waals surface area contributed by atoms with E-state index in [2.05, 4.69) is 5.32 Å². The van der Waals surface area contributed by atoms with Crippen LogP contribution < -0.4 is 5.32 Å². The highest BCUT2D eigenvalue weighted by molar-refractivity contribution is 7.14. The van der Waals surface area contributed by atoms with E-state index in [-0.39, 0.29) is 19.1 Å². The highest BCUT2D eigenvalue weighted by atomic mass is 32.1. The topological polar surface area (TPSA) is 69.6 Å². The summed E-state index contributed by atoms with van der Waals surface area (Å²) in [4.78, 5) is 13.7. The molecule has 0 aromatic carbocycles. The Hall–Kier alpha value is -0.910. The van der Waals surface area contributed by atoms with Gasteiger partial charge >= 0.3 is 0 Å². The Morgan fingerprint density at radius 2 is 2.00 bits per heavy atom. The van der Waals surface area contributed by atoms with Gasteiger partial charge in [0.1, 0.15) is 0 Å². The molecule has 0 aliphatic rings. The van der Waals surface area contributed by atoms with Gasteiger partial charge in [0.2, 0.25) is 0 Å². The van der Waals surface area contributed by atoms with E-state index < -0.39 is 5.54 Å². The molecule has 1 rings (SSSR count). The molecule has 0 fully saturated rings. The van der Waals surface area contributed by atoms with Crippen molar-refractivity contribution in [1.82, 2.24) is 5.32 Å². The molecule has 0 aliphatic heterocycles. The summed E-state index contributed by atoms with van der Waals surface area (Å²) in [6, 6.07) is 1.82. The number of amides is 1. The quantitative estimate of drug-likeness (QED) is 0.743. The van der Waals surface area contributed by atoms with Crippen molar-refractivity contribution in [3.8, 4) is 0 Å². The van der Waals surface area contributed by atoms with Gasteiger partial charge in [0.25, 0.3) is 5.91 Å². The van der Waals surface area contributed by atoms with Gasteiger partial charge in [-0.05, 0) is 31.9 Å². The first-order valence-electron chi connectivity index (χ1n) is 5.59. The number of thiophene rings is 1. The number of hydrogen-bond acceptors (Lipinski definition) is 4. The van der Waals surface area contributed by atoms with Crippen LogP contribution in [0.5, 0.6) is 0 Å². The van der Waals surface area contributed by atoms with Gasteiger partial charge in [0.05, 0.1) is 23.6 Å². The summed E-state index contributed by atoms with van der Waals surface area (Å²) >= 11 is 1.42. The second kappa shape index (κ2) is 5.62. The van der Waals surface area contributed by atoms with E-state index in [9.17, 15) is 15.0 Å². The lowest BCUT2D eigenvalue weighted by Gasteiger charge is -2.29. The standard InChI is InChI=1S/C12H19NO3S/c1-4-12(6-14,7-15)13-11(16)10-5-8(2)9(3)17-10/h5,14-15H,4,6-7H2,1-3H3,(H,13,16). The zero-order chi connectivity index (χ0) is 13.1. The largest absolute Gasteiger partial charge is 0.394 e. The number of hydrogen-bond donors (Lipinski definition) is 3. The van der Waals surface area contributed by atoms with Crippen molar-refractivity contribution in [2.45, 2.75) is 32.7 Å². The summed E-state index contributed by atoms with van der Waals surface area (Å²) in [6.07, 6.45) is 0.481. The molecule has 17 heavy (non-hydrogen) atoms. The predicted octanol–water partition coefficient (Wildman–Crippen LogP) is 1.23. The van der Waals surface area contributed by atoms with E-state index in [1.54, 1.807) is 0 Å². The first-order chi connectivity index (χ1) is 7.98. The number of rotatable bonds is 5. The number of aliphatic hydroxyl groups excluding tert-OH is 2. The minimum absolute atomic E-state index is 0.240. The van der Waals surface area contributed by atoms with Crippen LogP contribution in [0.2, 0.25) is 0 Å². The molecule has 4 nitrogen and oxygen atoms in total. The van der Waals surface area contributed by atoms with Crippen molar-refractivity contribution in [1.29, 1.82) is 0 Å². The minimum Gasteiger partial charge on any atom is -0.394 e. The van der Waals surface area contributed by atoms with Gasteiger partial charge in [-0.15, -0.1) is 11.3 Å². The van der Waals surface area contributed by atoms with Crippen LogP contribution in [0, 0.1) is 13.8 Å². The molecule has 5 heteroatoms. The molecule has 1 aromatic heterocycles. The Labute approximate surface area is 105 Å². The average Bonchev–Trinajstić information content (AvgIpc) is 2.67. The molecule has 0 atom stereocenters. The normalized spacial score (nSPS) is 11.6. The van der Waals surface area contributed by atoms with E-state index in [1.807, 2.05) is 26.8 Å². The fourth-order valence-corrected chi connectivity index (χ4v) is 2.36. The molecule has 0 aliphatic carbocycles. The Morgan fingerprint density at radius 3 is 2.35 bits per heavy atom. The summed E-state index contributed by atoms with van der Waals surface area (Å²) < 4.78 is 0. The van der Waals surface area contributed by atoms with Crippen LogP contribution in [0.25, 0.3) is 0 Å². The number of carbonyl (C=O) groups is 1. The molecule has 1 heterocycles. The fraction of sp³-hybridized carbons (Fsp3) is 0.583. The van der Waals surface area contributed by atoms with Gasteiger partial charge in [-0.1, -0.05) is 6.92 Å². The predicted molar refractivity (Wildman–Crippen MR) is 68.5 cm³/mol. The van der Waals surface area contributed by atoms with Crippen molar-refractivity contribution in [3.05, 3.63) is 21.4 Å². The summed E-state index contributed by atoms with van der Waals surface area (Å²) in [5.74, 6) is -0.240. The van der Waals surface area contributed by atoms with Crippen LogP contribution in [0.1, 0.15) is 33.5 Å². The average molecular weight is 257 g/mol. The molecule has 0 bridgehead atoms. The van der Waals surface area contributed by atoms with Crippen LogP contribution in [0.4, 0.5) is 0 Å². The minimum atomic E-state index is -0.928. The van der Waals surface area contributed by atoms with Crippen LogP contribution in [-0.4, -0.2) is 34.9 Å². The van der Waals surface area contributed by atoms with Gasteiger partial charge in [-0.3, -0.25) is 4.79 Å². The molecule has 0 saturated carbocycles. The van der Waals surface area contributed by atoms with Gasteiger partial charge in [0, 0.05) is 4.88 Å². The van der Waals surface area contributed by atoms with Crippen LogP contribution in [0.3, 0.4) is 0 Å². The van der Waals surface area contributed by atoms with E-state index in [0.29, 0.717) is 11.3 Å². The van der Waals surface area contributed by atoms with Crippen molar-refractivity contribution in [2.75, 3.05) is 13.2 Å².